The fourth-order valence-electron chi connectivity index (χ4n) is 5.96. The number of rotatable bonds is 3. The van der Waals surface area contributed by atoms with Crippen LogP contribution in [0.4, 0.5) is 4.39 Å². The number of esters is 1. The van der Waals surface area contributed by atoms with Crippen molar-refractivity contribution in [1.82, 2.24) is 14.9 Å². The monoisotopic (exact) mass is 457 g/mol. The maximum Gasteiger partial charge on any atom is 0.313 e. The van der Waals surface area contributed by atoms with E-state index in [1.807, 2.05) is 19.9 Å². The summed E-state index contributed by atoms with van der Waals surface area (Å²) in [5, 5.41) is 4.41. The molecule has 6 nitrogen and oxygen atoms in total. The number of hydrogen-bond acceptors (Lipinski definition) is 5. The van der Waals surface area contributed by atoms with Gasteiger partial charge in [0.2, 0.25) is 0 Å². The molecule has 3 aromatic rings. The van der Waals surface area contributed by atoms with Gasteiger partial charge < -0.3 is 9.30 Å². The summed E-state index contributed by atoms with van der Waals surface area (Å²) in [4.78, 5) is 30.8. The summed E-state index contributed by atoms with van der Waals surface area (Å²) in [6.07, 6.45) is 7.59. The molecule has 1 aromatic carbocycles. The van der Waals surface area contributed by atoms with E-state index in [2.05, 4.69) is 11.2 Å². The number of aromatic nitrogens is 2. The molecule has 0 bridgehead atoms. The Kier molecular flexibility index (Phi) is 4.65. The number of fused-ring (bicyclic) bond motifs is 5. The van der Waals surface area contributed by atoms with Gasteiger partial charge in [0, 0.05) is 23.1 Å². The third-order valence-electron chi connectivity index (χ3n) is 7.65. The Balaban J connectivity index is 1.66. The average Bonchev–Trinajstić information content (AvgIpc) is 3.20. The van der Waals surface area contributed by atoms with E-state index in [4.69, 9.17) is 16.1 Å². The molecule has 2 unspecified atom stereocenters. The molecule has 7 heteroatoms. The van der Waals surface area contributed by atoms with Gasteiger partial charge in [-0.1, -0.05) is 12.8 Å². The molecule has 0 spiro atoms. The minimum absolute atomic E-state index is 0.0106. The summed E-state index contributed by atoms with van der Waals surface area (Å²) >= 11 is 0. The van der Waals surface area contributed by atoms with Crippen LogP contribution in [0.5, 0.6) is 0 Å². The van der Waals surface area contributed by atoms with Gasteiger partial charge in [0.25, 0.3) is 5.56 Å². The predicted octanol–water partition coefficient (Wildman–Crippen LogP) is 3.63. The van der Waals surface area contributed by atoms with Crippen LogP contribution in [0.1, 0.15) is 65.1 Å². The molecule has 2 aliphatic heterocycles. The third kappa shape index (κ3) is 2.75. The molecule has 2 aromatic heterocycles. The lowest BCUT2D eigenvalue weighted by Gasteiger charge is -2.29. The number of carbonyl (C=O) groups is 1. The van der Waals surface area contributed by atoms with Crippen LogP contribution >= 0.6 is 0 Å². The van der Waals surface area contributed by atoms with Gasteiger partial charge in [-0.15, -0.1) is 6.42 Å². The van der Waals surface area contributed by atoms with Crippen LogP contribution in [0.25, 0.3) is 22.3 Å². The summed E-state index contributed by atoms with van der Waals surface area (Å²) in [5.41, 5.74) is 6.69. The van der Waals surface area contributed by atoms with Crippen LogP contribution < -0.4 is 10.9 Å². The number of halogens is 1. The molecule has 0 saturated carbocycles. The average molecular weight is 458 g/mol. The number of aryl methyl sites for hydroxylation is 1. The summed E-state index contributed by atoms with van der Waals surface area (Å²) in [7, 11) is 0. The number of nitrogens with zero attached hydrogens (tertiary/aromatic N) is 2. The first-order valence-electron chi connectivity index (χ1n) is 11.7. The van der Waals surface area contributed by atoms with Gasteiger partial charge in [0.15, 0.2) is 0 Å². The zero-order valence-electron chi connectivity index (χ0n) is 19.1. The lowest BCUT2D eigenvalue weighted by Crippen LogP contribution is -2.32. The largest absolute Gasteiger partial charge is 0.460 e. The highest BCUT2D eigenvalue weighted by Gasteiger charge is 2.37. The molecule has 172 valence electrons. The van der Waals surface area contributed by atoms with E-state index in [9.17, 15) is 14.0 Å². The van der Waals surface area contributed by atoms with Crippen molar-refractivity contribution in [3.05, 3.63) is 61.7 Å². The maximum absolute atomic E-state index is 14.8. The van der Waals surface area contributed by atoms with Gasteiger partial charge in [0.05, 0.1) is 41.5 Å². The Labute approximate surface area is 196 Å². The first-order valence-corrected chi connectivity index (χ1v) is 11.7. The molecule has 2 atom stereocenters. The fourth-order valence-corrected chi connectivity index (χ4v) is 5.96. The molecule has 34 heavy (non-hydrogen) atoms. The van der Waals surface area contributed by atoms with E-state index < -0.39 is 5.92 Å². The first kappa shape index (κ1) is 21.1. The molecular weight excluding hydrogens is 433 g/mol. The van der Waals surface area contributed by atoms with Gasteiger partial charge >= 0.3 is 5.97 Å². The van der Waals surface area contributed by atoms with Crippen LogP contribution in [0.15, 0.2) is 16.9 Å². The second-order valence-corrected chi connectivity index (χ2v) is 9.31. The zero-order valence-corrected chi connectivity index (χ0v) is 19.1. The summed E-state index contributed by atoms with van der Waals surface area (Å²) in [5.74, 6) is 1.60. The number of hydrogen-bond donors (Lipinski definition) is 1. The summed E-state index contributed by atoms with van der Waals surface area (Å²) in [6.45, 7) is 4.50. The van der Waals surface area contributed by atoms with Crippen LogP contribution in [0.2, 0.25) is 0 Å². The number of carbonyl (C=O) groups excluding carboxylic acids is 1. The SMILES string of the molecule is C#CCNC1CCc2c(C)c(F)cc3nc4c(c1c23)Cn1c-4cc2c(c1=O)COC(=O)C2CC. The van der Waals surface area contributed by atoms with E-state index in [0.717, 1.165) is 40.5 Å². The molecule has 4 heterocycles. The van der Waals surface area contributed by atoms with Crippen molar-refractivity contribution in [1.29, 1.82) is 0 Å². The normalized spacial score (nSPS) is 19.9. The first-order chi connectivity index (χ1) is 16.4. The van der Waals surface area contributed by atoms with Crippen LogP contribution in [-0.2, 0) is 29.1 Å². The Morgan fingerprint density at radius 2 is 2.12 bits per heavy atom. The van der Waals surface area contributed by atoms with Crippen molar-refractivity contribution in [3.8, 4) is 23.7 Å². The Hall–Kier alpha value is -3.50. The van der Waals surface area contributed by atoms with Gasteiger partial charge in [-0.25, -0.2) is 9.37 Å². The van der Waals surface area contributed by atoms with E-state index in [-0.39, 0.29) is 30.0 Å². The molecule has 1 N–H and O–H groups in total. The smallest absolute Gasteiger partial charge is 0.313 e. The van der Waals surface area contributed by atoms with Gasteiger partial charge in [-0.3, -0.25) is 14.9 Å². The number of ether oxygens (including phenoxy) is 1. The molecular formula is C27H24FN3O3. The van der Waals surface area contributed by atoms with Crippen molar-refractivity contribution in [2.24, 2.45) is 0 Å². The number of terminal acetylenes is 1. The zero-order chi connectivity index (χ0) is 23.7. The molecule has 3 aliphatic rings. The lowest BCUT2D eigenvalue weighted by molar-refractivity contribution is -0.148. The molecule has 1 aliphatic carbocycles. The molecule has 6 rings (SSSR count). The van der Waals surface area contributed by atoms with E-state index >= 15 is 0 Å². The van der Waals surface area contributed by atoms with E-state index in [1.54, 1.807) is 4.57 Å². The lowest BCUT2D eigenvalue weighted by atomic mass is 9.81. The molecule has 0 amide bonds. The second-order valence-electron chi connectivity index (χ2n) is 9.31. The molecule has 0 radical (unpaired) electrons. The second kappa shape index (κ2) is 7.51. The highest BCUT2D eigenvalue weighted by atomic mass is 19.1. The minimum atomic E-state index is -0.470. The fraction of sp³-hybridized carbons (Fsp3) is 0.370. The van der Waals surface area contributed by atoms with Crippen LogP contribution in [0, 0.1) is 25.1 Å². The van der Waals surface area contributed by atoms with Crippen molar-refractivity contribution in [2.75, 3.05) is 6.54 Å². The van der Waals surface area contributed by atoms with Crippen LogP contribution in [0.3, 0.4) is 0 Å². The highest BCUT2D eigenvalue weighted by Crippen LogP contribution is 2.45. The minimum Gasteiger partial charge on any atom is -0.460 e. The Morgan fingerprint density at radius 3 is 2.88 bits per heavy atom. The summed E-state index contributed by atoms with van der Waals surface area (Å²) < 4.78 is 21.9. The van der Waals surface area contributed by atoms with Crippen molar-refractivity contribution in [2.45, 2.75) is 58.2 Å². The maximum atomic E-state index is 14.8. The van der Waals surface area contributed by atoms with Crippen molar-refractivity contribution in [3.63, 3.8) is 0 Å². The third-order valence-corrected chi connectivity index (χ3v) is 7.65. The molecule has 0 fully saturated rings. The van der Waals surface area contributed by atoms with Gasteiger partial charge in [0.1, 0.15) is 12.4 Å². The van der Waals surface area contributed by atoms with Crippen molar-refractivity contribution < 1.29 is 13.9 Å². The number of nitrogens with one attached hydrogen (secondary N) is 1. The molecule has 0 saturated heterocycles. The highest BCUT2D eigenvalue weighted by molar-refractivity contribution is 5.93. The van der Waals surface area contributed by atoms with E-state index in [1.165, 1.54) is 6.07 Å². The van der Waals surface area contributed by atoms with E-state index in [0.29, 0.717) is 47.5 Å². The number of pyridine rings is 2. The number of benzene rings is 1. The van der Waals surface area contributed by atoms with Gasteiger partial charge in [-0.2, -0.15) is 0 Å². The van der Waals surface area contributed by atoms with Crippen molar-refractivity contribution >= 4 is 16.9 Å². The standard InChI is InChI=1S/C27H24FN3O3/c1-4-8-29-20-7-6-15-13(3)19(28)10-21-23(15)24(20)17-11-31-22(25(17)30-21)9-16-14(5-2)27(33)34-12-18(16)26(31)32/h1,9-10,14,20,29H,5-8,11-12H2,2-3H3. The Bertz CT molecular complexity index is 1510. The van der Waals surface area contributed by atoms with Crippen LogP contribution in [-0.4, -0.2) is 22.1 Å². The quantitative estimate of drug-likeness (QED) is 0.376. The number of cyclic esters (lactones) is 1. The predicted molar refractivity (Wildman–Crippen MR) is 126 cm³/mol. The van der Waals surface area contributed by atoms with Gasteiger partial charge in [-0.05, 0) is 54.5 Å². The topological polar surface area (TPSA) is 73.2 Å². The Morgan fingerprint density at radius 1 is 1.29 bits per heavy atom. The summed E-state index contributed by atoms with van der Waals surface area (Å²) in [6, 6.07) is 3.40.